The molecule has 0 aliphatic carbocycles. The first kappa shape index (κ1) is 23.0. The van der Waals surface area contributed by atoms with Gasteiger partial charge in [0.2, 0.25) is 0 Å². The van der Waals surface area contributed by atoms with Gasteiger partial charge >= 0.3 is 0 Å². The van der Waals surface area contributed by atoms with Gasteiger partial charge in [0, 0.05) is 18.7 Å². The van der Waals surface area contributed by atoms with Gasteiger partial charge in [0.1, 0.15) is 12.4 Å². The number of carbonyl (C=O) groups excluding carboxylic acids is 2. The maximum atomic E-state index is 12.9. The average molecular weight is 509 g/mol. The Morgan fingerprint density at radius 1 is 1.00 bits per heavy atom. The van der Waals surface area contributed by atoms with Gasteiger partial charge in [-0.15, -0.1) is 0 Å². The van der Waals surface area contributed by atoms with Crippen LogP contribution in [0.15, 0.2) is 77.3 Å². The molecule has 1 unspecified atom stereocenters. The maximum Gasteiger partial charge on any atom is 0.255 e. The summed E-state index contributed by atoms with van der Waals surface area (Å²) in [6.45, 7) is 1.66. The van der Waals surface area contributed by atoms with Crippen molar-refractivity contribution in [2.75, 3.05) is 18.5 Å². The molecular weight excluding hydrogens is 484 g/mol. The number of nitrogens with one attached hydrogen (secondary N) is 2. The highest BCUT2D eigenvalue weighted by atomic mass is 79.9. The van der Waals surface area contributed by atoms with E-state index in [0.29, 0.717) is 40.2 Å². The lowest BCUT2D eigenvalue weighted by atomic mass is 10.1. The fraction of sp³-hybridized carbons (Fsp3) is 0.231. The van der Waals surface area contributed by atoms with Gasteiger partial charge in [-0.05, 0) is 64.7 Å². The van der Waals surface area contributed by atoms with Gasteiger partial charge in [-0.25, -0.2) is 0 Å². The van der Waals surface area contributed by atoms with Gasteiger partial charge in [0.25, 0.3) is 11.8 Å². The Hall–Kier alpha value is -3.16. The Labute approximate surface area is 201 Å². The number of hydrogen-bond donors (Lipinski definition) is 2. The normalized spacial score (nSPS) is 15.1. The quantitative estimate of drug-likeness (QED) is 0.438. The number of halogens is 1. The molecule has 33 heavy (non-hydrogen) atoms. The van der Waals surface area contributed by atoms with Crippen LogP contribution in [0.1, 0.15) is 39.1 Å². The van der Waals surface area contributed by atoms with Crippen molar-refractivity contribution in [2.24, 2.45) is 0 Å². The van der Waals surface area contributed by atoms with E-state index < -0.39 is 0 Å². The molecule has 0 bridgehead atoms. The maximum absolute atomic E-state index is 12.9. The van der Waals surface area contributed by atoms with Crippen LogP contribution in [0.3, 0.4) is 0 Å². The number of carbonyl (C=O) groups is 2. The lowest BCUT2D eigenvalue weighted by Crippen LogP contribution is -2.24. The van der Waals surface area contributed by atoms with Crippen LogP contribution in [-0.4, -0.2) is 31.1 Å². The second kappa shape index (κ2) is 11.1. The van der Waals surface area contributed by atoms with Gasteiger partial charge in [-0.3, -0.25) is 9.59 Å². The second-order valence-electron chi connectivity index (χ2n) is 7.76. The predicted molar refractivity (Wildman–Crippen MR) is 131 cm³/mol. The van der Waals surface area contributed by atoms with Crippen molar-refractivity contribution in [1.82, 2.24) is 5.32 Å². The second-order valence-corrected chi connectivity index (χ2v) is 8.61. The molecule has 6 nitrogen and oxygen atoms in total. The number of benzene rings is 3. The first-order valence-corrected chi connectivity index (χ1v) is 11.7. The Morgan fingerprint density at radius 3 is 2.55 bits per heavy atom. The molecule has 7 heteroatoms. The number of amides is 2. The average Bonchev–Trinajstić information content (AvgIpc) is 3.36. The van der Waals surface area contributed by atoms with Crippen LogP contribution >= 0.6 is 15.9 Å². The zero-order valence-corrected chi connectivity index (χ0v) is 19.6. The van der Waals surface area contributed by atoms with Crippen LogP contribution in [0.4, 0.5) is 5.69 Å². The number of hydrogen-bond acceptors (Lipinski definition) is 4. The van der Waals surface area contributed by atoms with E-state index in [0.717, 1.165) is 25.0 Å². The summed E-state index contributed by atoms with van der Waals surface area (Å²) in [5.41, 5.74) is 2.30. The minimum absolute atomic E-state index is 0.115. The third kappa shape index (κ3) is 6.21. The summed E-state index contributed by atoms with van der Waals surface area (Å²) in [4.78, 5) is 25.6. The summed E-state index contributed by atoms with van der Waals surface area (Å²) >= 11 is 3.48. The van der Waals surface area contributed by atoms with Crippen molar-refractivity contribution < 1.29 is 19.1 Å². The van der Waals surface area contributed by atoms with E-state index in [9.17, 15) is 9.59 Å². The Balaban J connectivity index is 1.39. The van der Waals surface area contributed by atoms with E-state index in [4.69, 9.17) is 9.47 Å². The van der Waals surface area contributed by atoms with Crippen molar-refractivity contribution in [3.05, 3.63) is 94.0 Å². The molecule has 0 radical (unpaired) electrons. The van der Waals surface area contributed by atoms with E-state index in [-0.39, 0.29) is 17.9 Å². The highest BCUT2D eigenvalue weighted by Crippen LogP contribution is 2.28. The highest BCUT2D eigenvalue weighted by Gasteiger charge is 2.18. The van der Waals surface area contributed by atoms with Crippen molar-refractivity contribution >= 4 is 33.4 Å². The largest absolute Gasteiger partial charge is 0.490 e. The van der Waals surface area contributed by atoms with E-state index in [1.54, 1.807) is 42.5 Å². The standard InChI is InChI=1S/C26H25BrN2O4/c27-22-15-19(12-13-24(22)33-17-20-9-6-14-32-20)25(30)29-23-11-5-4-10-21(23)26(31)28-16-18-7-2-1-3-8-18/h1-5,7-8,10-13,15,20H,6,9,14,16-17H2,(H,28,31)(H,29,30). The molecule has 1 saturated heterocycles. The van der Waals surface area contributed by atoms with Crippen molar-refractivity contribution in [1.29, 1.82) is 0 Å². The van der Waals surface area contributed by atoms with Crippen LogP contribution in [0.2, 0.25) is 0 Å². The molecule has 170 valence electrons. The summed E-state index contributed by atoms with van der Waals surface area (Å²) in [5, 5.41) is 5.75. The van der Waals surface area contributed by atoms with Gasteiger partial charge in [0.05, 0.1) is 21.8 Å². The molecule has 1 heterocycles. The van der Waals surface area contributed by atoms with Gasteiger partial charge in [0.15, 0.2) is 0 Å². The first-order chi connectivity index (χ1) is 16.1. The van der Waals surface area contributed by atoms with Crippen molar-refractivity contribution in [3.8, 4) is 5.75 Å². The van der Waals surface area contributed by atoms with Crippen LogP contribution < -0.4 is 15.4 Å². The molecule has 4 rings (SSSR count). The van der Waals surface area contributed by atoms with Gasteiger partial charge in [-0.1, -0.05) is 42.5 Å². The number of ether oxygens (including phenoxy) is 2. The van der Waals surface area contributed by atoms with E-state index in [2.05, 4.69) is 26.6 Å². The topological polar surface area (TPSA) is 76.7 Å². The molecule has 2 amide bonds. The fourth-order valence-electron chi connectivity index (χ4n) is 3.58. The molecule has 0 spiro atoms. The SMILES string of the molecule is O=C(Nc1ccccc1C(=O)NCc1ccccc1)c1ccc(OCC2CCCO2)c(Br)c1. The Kier molecular flexibility index (Phi) is 7.75. The molecular formula is C26H25BrN2O4. The smallest absolute Gasteiger partial charge is 0.255 e. The fourth-order valence-corrected chi connectivity index (χ4v) is 4.07. The number of rotatable bonds is 8. The lowest BCUT2D eigenvalue weighted by Gasteiger charge is -2.14. The van der Waals surface area contributed by atoms with Crippen LogP contribution in [-0.2, 0) is 11.3 Å². The first-order valence-electron chi connectivity index (χ1n) is 10.9. The van der Waals surface area contributed by atoms with Crippen LogP contribution in [0, 0.1) is 0 Å². The number of anilines is 1. The molecule has 0 saturated carbocycles. The van der Waals surface area contributed by atoms with E-state index in [1.807, 2.05) is 30.3 Å². The molecule has 3 aromatic rings. The minimum Gasteiger partial charge on any atom is -0.490 e. The summed E-state index contributed by atoms with van der Waals surface area (Å²) < 4.78 is 12.1. The Morgan fingerprint density at radius 2 is 1.79 bits per heavy atom. The molecule has 3 aromatic carbocycles. The van der Waals surface area contributed by atoms with Crippen LogP contribution in [0.5, 0.6) is 5.75 Å². The van der Waals surface area contributed by atoms with Crippen LogP contribution in [0.25, 0.3) is 0 Å². The molecule has 2 N–H and O–H groups in total. The van der Waals surface area contributed by atoms with E-state index >= 15 is 0 Å². The van der Waals surface area contributed by atoms with Crippen molar-refractivity contribution in [3.63, 3.8) is 0 Å². The molecule has 1 atom stereocenters. The Bertz CT molecular complexity index is 1110. The zero-order chi connectivity index (χ0) is 23.0. The summed E-state index contributed by atoms with van der Waals surface area (Å²) in [6, 6.07) is 21.8. The zero-order valence-electron chi connectivity index (χ0n) is 18.1. The molecule has 1 aliphatic rings. The third-order valence-electron chi connectivity index (χ3n) is 5.36. The lowest BCUT2D eigenvalue weighted by molar-refractivity contribution is 0.0677. The third-order valence-corrected chi connectivity index (χ3v) is 5.98. The van der Waals surface area contributed by atoms with Gasteiger partial charge < -0.3 is 20.1 Å². The summed E-state index contributed by atoms with van der Waals surface area (Å²) in [5.74, 6) is 0.0845. The van der Waals surface area contributed by atoms with Crippen molar-refractivity contribution in [2.45, 2.75) is 25.5 Å². The minimum atomic E-state index is -0.315. The summed E-state index contributed by atoms with van der Waals surface area (Å²) in [6.07, 6.45) is 2.17. The monoisotopic (exact) mass is 508 g/mol. The summed E-state index contributed by atoms with van der Waals surface area (Å²) in [7, 11) is 0. The number of para-hydroxylation sites is 1. The van der Waals surface area contributed by atoms with E-state index in [1.165, 1.54) is 0 Å². The molecule has 0 aromatic heterocycles. The predicted octanol–water partition coefficient (Wildman–Crippen LogP) is 5.19. The highest BCUT2D eigenvalue weighted by molar-refractivity contribution is 9.10. The molecule has 1 aliphatic heterocycles. The molecule has 1 fully saturated rings. The van der Waals surface area contributed by atoms with Gasteiger partial charge in [-0.2, -0.15) is 0 Å².